The Morgan fingerprint density at radius 1 is 1.20 bits per heavy atom. The average Bonchev–Trinajstić information content (AvgIpc) is 3.35. The molecule has 1 aliphatic rings. The number of nitrogens with one attached hydrogen (secondary N) is 1. The van der Waals surface area contributed by atoms with Crippen LogP contribution in [-0.4, -0.2) is 39.7 Å². The number of urea groups is 1. The number of nitrogens with zero attached hydrogens (tertiary/aromatic N) is 5. The van der Waals surface area contributed by atoms with E-state index in [4.69, 9.17) is 0 Å². The number of hydrogen-bond donors (Lipinski definition) is 1. The molecular weight excluding hydrogens is 380 g/mol. The molecular formula is C22H20N6O2. The van der Waals surface area contributed by atoms with Crippen LogP contribution in [0.3, 0.4) is 0 Å². The van der Waals surface area contributed by atoms with Crippen molar-refractivity contribution in [3.8, 4) is 17.5 Å². The van der Waals surface area contributed by atoms with Gasteiger partial charge in [-0.3, -0.25) is 9.69 Å². The van der Waals surface area contributed by atoms with E-state index < -0.39 is 5.92 Å². The van der Waals surface area contributed by atoms with E-state index in [2.05, 4.69) is 21.6 Å². The number of aryl methyl sites for hydroxylation is 1. The first-order chi connectivity index (χ1) is 14.5. The molecule has 0 spiro atoms. The van der Waals surface area contributed by atoms with Crippen LogP contribution in [0.1, 0.15) is 27.7 Å². The Hall–Kier alpha value is -3.99. The van der Waals surface area contributed by atoms with Gasteiger partial charge in [0, 0.05) is 37.0 Å². The number of rotatable bonds is 5. The summed E-state index contributed by atoms with van der Waals surface area (Å²) in [4.78, 5) is 26.7. The normalized spacial score (nSPS) is 14.3. The van der Waals surface area contributed by atoms with Gasteiger partial charge in [0.2, 0.25) is 0 Å². The number of ketones is 1. The standard InChI is InChI=1S/C22H20N6O2/c1-14-12-16(8-9-18(14)28-11-10-24-22(28)30)19(29)17(13-23)21-26-25-20(27(21)2)15-6-4-3-5-7-15/h3-9,12,17H,10-11H2,1-2H3,(H,24,30). The van der Waals surface area contributed by atoms with Gasteiger partial charge in [0.25, 0.3) is 0 Å². The summed E-state index contributed by atoms with van der Waals surface area (Å²) < 4.78 is 1.68. The van der Waals surface area contributed by atoms with E-state index in [-0.39, 0.29) is 11.8 Å². The molecule has 1 unspecified atom stereocenters. The maximum absolute atomic E-state index is 13.1. The predicted molar refractivity (Wildman–Crippen MR) is 111 cm³/mol. The van der Waals surface area contributed by atoms with Crippen LogP contribution in [0.15, 0.2) is 48.5 Å². The van der Waals surface area contributed by atoms with Crippen molar-refractivity contribution in [1.82, 2.24) is 20.1 Å². The summed E-state index contributed by atoms with van der Waals surface area (Å²) >= 11 is 0. The Morgan fingerprint density at radius 2 is 1.97 bits per heavy atom. The molecule has 0 aliphatic carbocycles. The second-order valence-corrected chi connectivity index (χ2v) is 7.12. The van der Waals surface area contributed by atoms with Crippen LogP contribution in [0.4, 0.5) is 10.5 Å². The number of hydrogen-bond acceptors (Lipinski definition) is 5. The second kappa shape index (κ2) is 7.79. The fraction of sp³-hybridized carbons (Fsp3) is 0.227. The molecule has 1 aromatic heterocycles. The molecule has 1 N–H and O–H groups in total. The van der Waals surface area contributed by atoms with Gasteiger partial charge in [-0.2, -0.15) is 5.26 Å². The average molecular weight is 400 g/mol. The number of nitriles is 1. The van der Waals surface area contributed by atoms with Gasteiger partial charge in [-0.05, 0) is 30.7 Å². The molecule has 1 fully saturated rings. The lowest BCUT2D eigenvalue weighted by molar-refractivity contribution is 0.0975. The second-order valence-electron chi connectivity index (χ2n) is 7.12. The molecule has 1 atom stereocenters. The minimum absolute atomic E-state index is 0.153. The Balaban J connectivity index is 1.64. The first kappa shape index (κ1) is 19.3. The van der Waals surface area contributed by atoms with E-state index >= 15 is 0 Å². The van der Waals surface area contributed by atoms with Crippen molar-refractivity contribution >= 4 is 17.5 Å². The van der Waals surface area contributed by atoms with Crippen molar-refractivity contribution in [3.05, 3.63) is 65.5 Å². The third-order valence-corrected chi connectivity index (χ3v) is 5.22. The summed E-state index contributed by atoms with van der Waals surface area (Å²) in [5, 5.41) is 20.8. The number of anilines is 1. The third kappa shape index (κ3) is 3.31. The number of carbonyl (C=O) groups excluding carboxylic acids is 2. The van der Waals surface area contributed by atoms with Gasteiger partial charge in [0.1, 0.15) is 0 Å². The van der Waals surface area contributed by atoms with E-state index in [1.807, 2.05) is 37.3 Å². The highest BCUT2D eigenvalue weighted by atomic mass is 16.2. The third-order valence-electron chi connectivity index (χ3n) is 5.22. The summed E-state index contributed by atoms with van der Waals surface area (Å²) in [7, 11) is 1.75. The number of benzene rings is 2. The molecule has 4 rings (SSSR count). The van der Waals surface area contributed by atoms with Crippen LogP contribution in [0, 0.1) is 18.3 Å². The van der Waals surface area contributed by atoms with Crippen LogP contribution in [0.5, 0.6) is 0 Å². The molecule has 30 heavy (non-hydrogen) atoms. The summed E-state index contributed by atoms with van der Waals surface area (Å²) in [6.07, 6.45) is 0. The highest BCUT2D eigenvalue weighted by Gasteiger charge is 2.29. The first-order valence-electron chi connectivity index (χ1n) is 9.56. The molecule has 2 heterocycles. The topological polar surface area (TPSA) is 104 Å². The number of Topliss-reactive ketones (excluding diaryl/α,β-unsaturated/α-hetero) is 1. The smallest absolute Gasteiger partial charge is 0.322 e. The van der Waals surface area contributed by atoms with Crippen LogP contribution in [0.2, 0.25) is 0 Å². The van der Waals surface area contributed by atoms with Crippen molar-refractivity contribution in [1.29, 1.82) is 5.26 Å². The minimum Gasteiger partial charge on any atom is -0.336 e. The highest BCUT2D eigenvalue weighted by Crippen LogP contribution is 2.27. The van der Waals surface area contributed by atoms with Crippen molar-refractivity contribution in [2.75, 3.05) is 18.0 Å². The monoisotopic (exact) mass is 400 g/mol. The molecule has 2 aromatic carbocycles. The van der Waals surface area contributed by atoms with Gasteiger partial charge in [0.05, 0.1) is 6.07 Å². The molecule has 1 saturated heterocycles. The lowest BCUT2D eigenvalue weighted by Crippen LogP contribution is -2.28. The molecule has 0 radical (unpaired) electrons. The number of aromatic nitrogens is 3. The molecule has 8 heteroatoms. The van der Waals surface area contributed by atoms with Gasteiger partial charge >= 0.3 is 6.03 Å². The molecule has 0 bridgehead atoms. The molecule has 3 aromatic rings. The van der Waals surface area contributed by atoms with Crippen molar-refractivity contribution in [3.63, 3.8) is 0 Å². The van der Waals surface area contributed by atoms with Crippen LogP contribution in [0.25, 0.3) is 11.4 Å². The fourth-order valence-corrected chi connectivity index (χ4v) is 3.64. The maximum atomic E-state index is 13.1. The van der Waals surface area contributed by atoms with E-state index in [9.17, 15) is 14.9 Å². The van der Waals surface area contributed by atoms with Gasteiger partial charge in [0.15, 0.2) is 23.3 Å². The summed E-state index contributed by atoms with van der Waals surface area (Å²) in [6.45, 7) is 3.01. The van der Waals surface area contributed by atoms with Crippen LogP contribution in [-0.2, 0) is 7.05 Å². The zero-order chi connectivity index (χ0) is 21.3. The zero-order valence-electron chi connectivity index (χ0n) is 16.7. The summed E-state index contributed by atoms with van der Waals surface area (Å²) in [5.74, 6) is -0.555. The molecule has 0 saturated carbocycles. The van der Waals surface area contributed by atoms with Gasteiger partial charge in [-0.1, -0.05) is 30.3 Å². The first-order valence-corrected chi connectivity index (χ1v) is 9.56. The number of amides is 2. The lowest BCUT2D eigenvalue weighted by atomic mass is 9.96. The molecule has 1 aliphatic heterocycles. The summed E-state index contributed by atoms with van der Waals surface area (Å²) in [5.41, 5.74) is 2.79. The van der Waals surface area contributed by atoms with Crippen molar-refractivity contribution in [2.45, 2.75) is 12.8 Å². The van der Waals surface area contributed by atoms with Gasteiger partial charge in [-0.25, -0.2) is 4.79 Å². The molecule has 150 valence electrons. The van der Waals surface area contributed by atoms with Crippen LogP contribution < -0.4 is 10.2 Å². The van der Waals surface area contributed by atoms with Crippen molar-refractivity contribution < 1.29 is 9.59 Å². The Labute approximate surface area is 173 Å². The van der Waals surface area contributed by atoms with E-state index in [1.54, 1.807) is 34.7 Å². The lowest BCUT2D eigenvalue weighted by Gasteiger charge is -2.18. The highest BCUT2D eigenvalue weighted by molar-refractivity contribution is 6.03. The van der Waals surface area contributed by atoms with Crippen molar-refractivity contribution in [2.24, 2.45) is 7.05 Å². The van der Waals surface area contributed by atoms with E-state index in [0.717, 1.165) is 16.8 Å². The number of carbonyl (C=O) groups is 2. The van der Waals surface area contributed by atoms with Gasteiger partial charge < -0.3 is 9.88 Å². The van der Waals surface area contributed by atoms with E-state index in [0.29, 0.717) is 30.3 Å². The molecule has 2 amide bonds. The summed E-state index contributed by atoms with van der Waals surface area (Å²) in [6, 6.07) is 16.5. The maximum Gasteiger partial charge on any atom is 0.322 e. The fourth-order valence-electron chi connectivity index (χ4n) is 3.64. The predicted octanol–water partition coefficient (Wildman–Crippen LogP) is 2.81. The van der Waals surface area contributed by atoms with Crippen LogP contribution >= 0.6 is 0 Å². The zero-order valence-corrected chi connectivity index (χ0v) is 16.7. The Bertz CT molecular complexity index is 1160. The quantitative estimate of drug-likeness (QED) is 0.663. The Morgan fingerprint density at radius 3 is 2.60 bits per heavy atom. The van der Waals surface area contributed by atoms with Gasteiger partial charge in [-0.15, -0.1) is 10.2 Å². The largest absolute Gasteiger partial charge is 0.336 e. The minimum atomic E-state index is -1.08. The Kier molecular flexibility index (Phi) is 5.02. The van der Waals surface area contributed by atoms with E-state index in [1.165, 1.54) is 0 Å². The molecule has 8 nitrogen and oxygen atoms in total. The SMILES string of the molecule is Cc1cc(C(=O)C(C#N)c2nnc(-c3ccccc3)n2C)ccc1N1CCNC1=O.